The summed E-state index contributed by atoms with van der Waals surface area (Å²) < 4.78 is 1.86. The second-order valence-corrected chi connectivity index (χ2v) is 3.70. The van der Waals surface area contributed by atoms with Crippen LogP contribution in [-0.4, -0.2) is 25.6 Å². The van der Waals surface area contributed by atoms with Gasteiger partial charge in [-0.1, -0.05) is 6.92 Å². The van der Waals surface area contributed by atoms with Gasteiger partial charge in [-0.3, -0.25) is 4.98 Å². The van der Waals surface area contributed by atoms with E-state index in [-0.39, 0.29) is 5.56 Å². The van der Waals surface area contributed by atoms with Crippen molar-refractivity contribution in [2.45, 2.75) is 19.8 Å². The number of hydrogen-bond donors (Lipinski definition) is 1. The third-order valence-electron chi connectivity index (χ3n) is 2.44. The Balaban J connectivity index is 2.42. The fourth-order valence-corrected chi connectivity index (χ4v) is 1.65. The van der Waals surface area contributed by atoms with Crippen molar-refractivity contribution in [2.24, 2.45) is 0 Å². The summed E-state index contributed by atoms with van der Waals surface area (Å²) in [7, 11) is 0. The van der Waals surface area contributed by atoms with E-state index in [1.165, 1.54) is 6.20 Å². The fraction of sp³-hybridized carbons (Fsp3) is 0.250. The zero-order chi connectivity index (χ0) is 12.3. The monoisotopic (exact) mass is 231 g/mol. The maximum atomic E-state index is 10.9. The molecule has 5 nitrogen and oxygen atoms in total. The van der Waals surface area contributed by atoms with Crippen LogP contribution in [0, 0.1) is 0 Å². The lowest BCUT2D eigenvalue weighted by atomic mass is 10.2. The Morgan fingerprint density at radius 2 is 2.29 bits per heavy atom. The van der Waals surface area contributed by atoms with Gasteiger partial charge in [0.15, 0.2) is 0 Å². The number of aryl methyl sites for hydroxylation is 1. The lowest BCUT2D eigenvalue weighted by Gasteiger charge is -2.07. The van der Waals surface area contributed by atoms with Crippen LogP contribution in [0.4, 0.5) is 0 Å². The Morgan fingerprint density at radius 1 is 1.47 bits per heavy atom. The predicted octanol–water partition coefficient (Wildman–Crippen LogP) is 1.92. The number of nitrogens with zero attached hydrogens (tertiary/aromatic N) is 3. The minimum atomic E-state index is -0.975. The summed E-state index contributed by atoms with van der Waals surface area (Å²) in [6, 6.07) is 1.59. The predicted molar refractivity (Wildman–Crippen MR) is 62.3 cm³/mol. The van der Waals surface area contributed by atoms with Crippen LogP contribution in [0.2, 0.25) is 0 Å². The number of hydrogen-bond acceptors (Lipinski definition) is 3. The molecule has 0 aliphatic heterocycles. The number of aromatic nitrogens is 3. The number of carboxylic acid groups (broad SMARTS) is 1. The second kappa shape index (κ2) is 4.78. The van der Waals surface area contributed by atoms with E-state index < -0.39 is 5.97 Å². The van der Waals surface area contributed by atoms with Gasteiger partial charge in [-0.25, -0.2) is 9.78 Å². The van der Waals surface area contributed by atoms with Crippen molar-refractivity contribution in [3.8, 4) is 5.69 Å². The van der Waals surface area contributed by atoms with Crippen molar-refractivity contribution >= 4 is 5.97 Å². The van der Waals surface area contributed by atoms with Crippen molar-refractivity contribution in [2.75, 3.05) is 0 Å². The lowest BCUT2D eigenvalue weighted by molar-refractivity contribution is 0.0696. The molecular formula is C12H13N3O2. The SMILES string of the molecule is CCCc1nccn1-c1cncc(C(=O)O)c1. The van der Waals surface area contributed by atoms with E-state index in [0.717, 1.165) is 24.4 Å². The van der Waals surface area contributed by atoms with Gasteiger partial charge in [0.05, 0.1) is 17.4 Å². The first-order valence-corrected chi connectivity index (χ1v) is 5.43. The molecule has 0 fully saturated rings. The number of carbonyl (C=O) groups is 1. The van der Waals surface area contributed by atoms with Crippen molar-refractivity contribution < 1.29 is 9.90 Å². The molecule has 0 aromatic carbocycles. The third-order valence-corrected chi connectivity index (χ3v) is 2.44. The molecule has 88 valence electrons. The van der Waals surface area contributed by atoms with Crippen LogP contribution in [0.1, 0.15) is 29.5 Å². The van der Waals surface area contributed by atoms with Crippen molar-refractivity contribution in [1.82, 2.24) is 14.5 Å². The maximum Gasteiger partial charge on any atom is 0.337 e. The molecule has 0 bridgehead atoms. The van der Waals surface area contributed by atoms with Crippen LogP contribution in [-0.2, 0) is 6.42 Å². The molecule has 0 saturated heterocycles. The average molecular weight is 231 g/mol. The van der Waals surface area contributed by atoms with Gasteiger partial charge >= 0.3 is 5.97 Å². The summed E-state index contributed by atoms with van der Waals surface area (Å²) in [5.41, 5.74) is 0.907. The third kappa shape index (κ3) is 2.33. The number of rotatable bonds is 4. The van der Waals surface area contributed by atoms with Crippen LogP contribution >= 0.6 is 0 Å². The molecule has 0 aliphatic carbocycles. The van der Waals surface area contributed by atoms with Crippen LogP contribution in [0.15, 0.2) is 30.9 Å². The van der Waals surface area contributed by atoms with Crippen LogP contribution in [0.3, 0.4) is 0 Å². The maximum absolute atomic E-state index is 10.9. The summed E-state index contributed by atoms with van der Waals surface area (Å²) in [5, 5.41) is 8.91. The number of carboxylic acids is 1. The first-order chi connectivity index (χ1) is 8.22. The molecule has 5 heteroatoms. The minimum Gasteiger partial charge on any atom is -0.478 e. The van der Waals surface area contributed by atoms with E-state index in [9.17, 15) is 4.79 Å². The molecule has 0 saturated carbocycles. The van der Waals surface area contributed by atoms with E-state index in [1.807, 2.05) is 10.8 Å². The fourth-order valence-electron chi connectivity index (χ4n) is 1.65. The van der Waals surface area contributed by atoms with E-state index in [0.29, 0.717) is 0 Å². The minimum absolute atomic E-state index is 0.179. The van der Waals surface area contributed by atoms with Crippen LogP contribution < -0.4 is 0 Å². The molecule has 0 aliphatic rings. The standard InChI is InChI=1S/C12H13N3O2/c1-2-3-11-14-4-5-15(11)10-6-9(12(16)17)7-13-8-10/h4-8H,2-3H2,1H3,(H,16,17). The highest BCUT2D eigenvalue weighted by atomic mass is 16.4. The Labute approximate surface area is 98.8 Å². The molecule has 17 heavy (non-hydrogen) atoms. The van der Waals surface area contributed by atoms with E-state index >= 15 is 0 Å². The van der Waals surface area contributed by atoms with E-state index in [4.69, 9.17) is 5.11 Å². The van der Waals surface area contributed by atoms with Gasteiger partial charge in [-0.15, -0.1) is 0 Å². The summed E-state index contributed by atoms with van der Waals surface area (Å²) in [6.45, 7) is 2.07. The van der Waals surface area contributed by atoms with E-state index in [1.54, 1.807) is 18.5 Å². The van der Waals surface area contributed by atoms with Crippen molar-refractivity contribution in [3.05, 3.63) is 42.2 Å². The molecule has 0 radical (unpaired) electrons. The summed E-state index contributed by atoms with van der Waals surface area (Å²) in [5.74, 6) is -0.0617. The average Bonchev–Trinajstić information content (AvgIpc) is 2.78. The Bertz CT molecular complexity index is 534. The van der Waals surface area contributed by atoms with Gasteiger partial charge in [-0.05, 0) is 12.5 Å². The first kappa shape index (κ1) is 11.3. The van der Waals surface area contributed by atoms with Gasteiger partial charge in [0.1, 0.15) is 5.82 Å². The molecule has 2 heterocycles. The highest BCUT2D eigenvalue weighted by Crippen LogP contribution is 2.12. The highest BCUT2D eigenvalue weighted by Gasteiger charge is 2.08. The summed E-state index contributed by atoms with van der Waals surface area (Å²) >= 11 is 0. The molecule has 2 rings (SSSR count). The van der Waals surface area contributed by atoms with Gasteiger partial charge in [0.2, 0.25) is 0 Å². The first-order valence-electron chi connectivity index (χ1n) is 5.43. The molecule has 2 aromatic heterocycles. The van der Waals surface area contributed by atoms with Gasteiger partial charge < -0.3 is 9.67 Å². The normalized spacial score (nSPS) is 10.4. The van der Waals surface area contributed by atoms with E-state index in [2.05, 4.69) is 16.9 Å². The molecule has 0 atom stereocenters. The number of aromatic carboxylic acids is 1. The van der Waals surface area contributed by atoms with Crippen LogP contribution in [0.5, 0.6) is 0 Å². The number of imidazole rings is 1. The summed E-state index contributed by atoms with van der Waals surface area (Å²) in [4.78, 5) is 19.0. The molecule has 0 amide bonds. The number of pyridine rings is 1. The smallest absolute Gasteiger partial charge is 0.337 e. The lowest BCUT2D eigenvalue weighted by Crippen LogP contribution is -2.04. The zero-order valence-corrected chi connectivity index (χ0v) is 9.50. The quantitative estimate of drug-likeness (QED) is 0.872. The zero-order valence-electron chi connectivity index (χ0n) is 9.50. The van der Waals surface area contributed by atoms with Gasteiger partial charge in [0, 0.05) is 25.0 Å². The molecule has 0 spiro atoms. The largest absolute Gasteiger partial charge is 0.478 e. The Hall–Kier alpha value is -2.17. The summed E-state index contributed by atoms with van der Waals surface area (Å²) in [6.07, 6.45) is 8.33. The van der Waals surface area contributed by atoms with Gasteiger partial charge in [0.25, 0.3) is 0 Å². The molecule has 1 N–H and O–H groups in total. The van der Waals surface area contributed by atoms with Crippen molar-refractivity contribution in [3.63, 3.8) is 0 Å². The Kier molecular flexibility index (Phi) is 3.18. The molecule has 0 unspecified atom stereocenters. The van der Waals surface area contributed by atoms with Crippen molar-refractivity contribution in [1.29, 1.82) is 0 Å². The topological polar surface area (TPSA) is 68.0 Å². The molecule has 2 aromatic rings. The second-order valence-electron chi connectivity index (χ2n) is 3.70. The highest BCUT2D eigenvalue weighted by molar-refractivity contribution is 5.87. The Morgan fingerprint density at radius 3 is 3.00 bits per heavy atom. The van der Waals surface area contributed by atoms with Crippen LogP contribution in [0.25, 0.3) is 5.69 Å². The van der Waals surface area contributed by atoms with Gasteiger partial charge in [-0.2, -0.15) is 0 Å². The molecular weight excluding hydrogens is 218 g/mol.